The Hall–Kier alpha value is -3.25. The van der Waals surface area contributed by atoms with E-state index in [2.05, 4.69) is 32.9 Å². The van der Waals surface area contributed by atoms with Crippen LogP contribution in [0.1, 0.15) is 45.8 Å². The summed E-state index contributed by atoms with van der Waals surface area (Å²) in [6.07, 6.45) is 3.55. The number of rotatable bonds is 6. The van der Waals surface area contributed by atoms with Gasteiger partial charge in [0.25, 0.3) is 0 Å². The summed E-state index contributed by atoms with van der Waals surface area (Å²) in [5.74, 6) is -0.0193. The Bertz CT molecular complexity index is 1190. The number of thiophene rings is 1. The van der Waals surface area contributed by atoms with Crippen molar-refractivity contribution in [2.24, 2.45) is 0 Å². The zero-order chi connectivity index (χ0) is 22.0. The van der Waals surface area contributed by atoms with Gasteiger partial charge in [-0.25, -0.2) is 9.50 Å². The summed E-state index contributed by atoms with van der Waals surface area (Å²) in [6.45, 7) is 5.55. The van der Waals surface area contributed by atoms with Gasteiger partial charge in [0.05, 0.1) is 6.20 Å². The summed E-state index contributed by atoms with van der Waals surface area (Å²) in [5.41, 5.74) is 4.84. The van der Waals surface area contributed by atoms with E-state index in [4.69, 9.17) is 5.26 Å². The maximum atomic E-state index is 12.5. The zero-order valence-corrected chi connectivity index (χ0v) is 18.5. The van der Waals surface area contributed by atoms with Gasteiger partial charge < -0.3 is 10.2 Å². The van der Waals surface area contributed by atoms with Gasteiger partial charge in [-0.1, -0.05) is 0 Å². The third-order valence-corrected chi connectivity index (χ3v) is 6.78. The van der Waals surface area contributed by atoms with Crippen LogP contribution >= 0.6 is 11.3 Å². The lowest BCUT2D eigenvalue weighted by Crippen LogP contribution is -2.37. The van der Waals surface area contributed by atoms with Crippen molar-refractivity contribution in [2.75, 3.05) is 13.1 Å². The molecule has 160 valence electrons. The first-order chi connectivity index (χ1) is 15.0. The van der Waals surface area contributed by atoms with E-state index >= 15 is 0 Å². The third-order valence-electron chi connectivity index (χ3n) is 5.75. The van der Waals surface area contributed by atoms with Crippen LogP contribution in [0.4, 0.5) is 0 Å². The van der Waals surface area contributed by atoms with E-state index < -0.39 is 0 Å². The largest absolute Gasteiger partial charge is 0.356 e. The monoisotopic (exact) mass is 436 g/mol. The first-order valence-electron chi connectivity index (χ1n) is 10.3. The Morgan fingerprint density at radius 1 is 1.32 bits per heavy atom. The van der Waals surface area contributed by atoms with E-state index in [1.165, 1.54) is 16.6 Å². The Morgan fingerprint density at radius 2 is 2.16 bits per heavy atom. The zero-order valence-electron chi connectivity index (χ0n) is 17.6. The van der Waals surface area contributed by atoms with Crippen LogP contribution in [0.15, 0.2) is 17.6 Å². The first-order valence-corrected chi connectivity index (χ1v) is 11.2. The normalized spacial score (nSPS) is 13.1. The molecule has 1 N–H and O–H groups in total. The molecule has 0 aliphatic carbocycles. The van der Waals surface area contributed by atoms with Crippen LogP contribution < -0.4 is 5.32 Å². The second-order valence-corrected chi connectivity index (χ2v) is 8.70. The number of aromatic nitrogens is 3. The highest BCUT2D eigenvalue weighted by molar-refractivity contribution is 7.10. The van der Waals surface area contributed by atoms with Crippen LogP contribution in [0.25, 0.3) is 5.65 Å². The number of carbonyl (C=O) groups excluding carboxylic acids is 2. The Balaban J connectivity index is 1.27. The van der Waals surface area contributed by atoms with Gasteiger partial charge in [-0.3, -0.25) is 9.59 Å². The fourth-order valence-electron chi connectivity index (χ4n) is 4.01. The molecule has 4 heterocycles. The van der Waals surface area contributed by atoms with Crippen LogP contribution in [-0.2, 0) is 29.0 Å². The average Bonchev–Trinajstić information content (AvgIpc) is 3.39. The van der Waals surface area contributed by atoms with E-state index in [0.29, 0.717) is 43.6 Å². The number of fused-ring (bicyclic) bond motifs is 2. The smallest absolute Gasteiger partial charge is 0.224 e. The lowest BCUT2D eigenvalue weighted by molar-refractivity contribution is -0.132. The van der Waals surface area contributed by atoms with Crippen molar-refractivity contribution in [3.63, 3.8) is 0 Å². The van der Waals surface area contributed by atoms with Crippen LogP contribution in [0.2, 0.25) is 0 Å². The van der Waals surface area contributed by atoms with Gasteiger partial charge in [0.15, 0.2) is 5.65 Å². The topological polar surface area (TPSA) is 103 Å². The van der Waals surface area contributed by atoms with Gasteiger partial charge >= 0.3 is 0 Å². The third kappa shape index (κ3) is 4.30. The molecule has 0 radical (unpaired) electrons. The molecule has 0 saturated heterocycles. The summed E-state index contributed by atoms with van der Waals surface area (Å²) in [4.78, 5) is 32.5. The van der Waals surface area contributed by atoms with E-state index in [1.807, 2.05) is 18.7 Å². The summed E-state index contributed by atoms with van der Waals surface area (Å²) in [5, 5.41) is 18.3. The van der Waals surface area contributed by atoms with E-state index in [9.17, 15) is 9.59 Å². The predicted molar refractivity (Wildman–Crippen MR) is 117 cm³/mol. The van der Waals surface area contributed by atoms with Crippen molar-refractivity contribution in [1.82, 2.24) is 24.8 Å². The molecule has 0 saturated carbocycles. The predicted octanol–water partition coefficient (Wildman–Crippen LogP) is 2.30. The fraction of sp³-hybridized carbons (Fsp3) is 0.409. The van der Waals surface area contributed by atoms with E-state index in [1.54, 1.807) is 15.9 Å². The quantitative estimate of drug-likeness (QED) is 0.639. The minimum atomic E-state index is -0.0939. The van der Waals surface area contributed by atoms with Gasteiger partial charge in [-0.05, 0) is 49.3 Å². The SMILES string of the molecule is Cc1nc2c(C#N)cnn2c(C)c1CCC(=O)NCCC(=O)N1CCc2sccc2C1. The number of nitriles is 1. The number of carbonyl (C=O) groups is 2. The van der Waals surface area contributed by atoms with E-state index in [-0.39, 0.29) is 11.8 Å². The molecule has 9 heteroatoms. The molecule has 0 fully saturated rings. The minimum Gasteiger partial charge on any atom is -0.356 e. The molecule has 3 aromatic rings. The molecule has 0 bridgehead atoms. The fourth-order valence-corrected chi connectivity index (χ4v) is 4.90. The standard InChI is InChI=1S/C22H24N6O2S/c1-14-18(15(2)28-22(26-14)17(11-23)12-25-28)3-4-20(29)24-8-5-21(30)27-9-6-19-16(13-27)7-10-31-19/h7,10,12H,3-6,8-9,13H2,1-2H3,(H,24,29). The van der Waals surface area contributed by atoms with Crippen molar-refractivity contribution < 1.29 is 9.59 Å². The number of hydrogen-bond donors (Lipinski definition) is 1. The molecule has 4 rings (SSSR count). The van der Waals surface area contributed by atoms with Gasteiger partial charge in [0.1, 0.15) is 11.6 Å². The number of nitrogens with one attached hydrogen (secondary N) is 1. The van der Waals surface area contributed by atoms with Crippen molar-refractivity contribution in [3.05, 3.63) is 50.6 Å². The molecular formula is C22H24N6O2S. The van der Waals surface area contributed by atoms with Crippen LogP contribution in [0, 0.1) is 25.2 Å². The van der Waals surface area contributed by atoms with E-state index in [0.717, 1.165) is 29.9 Å². The average molecular weight is 437 g/mol. The lowest BCUT2D eigenvalue weighted by Gasteiger charge is -2.27. The van der Waals surface area contributed by atoms with Crippen molar-refractivity contribution in [1.29, 1.82) is 5.26 Å². The molecule has 8 nitrogen and oxygen atoms in total. The van der Waals surface area contributed by atoms with Gasteiger partial charge in [-0.2, -0.15) is 10.4 Å². The molecule has 0 spiro atoms. The number of amides is 2. The number of nitrogens with zero attached hydrogens (tertiary/aromatic N) is 5. The summed E-state index contributed by atoms with van der Waals surface area (Å²) >= 11 is 1.75. The number of hydrogen-bond acceptors (Lipinski definition) is 6. The van der Waals surface area contributed by atoms with Crippen molar-refractivity contribution in [3.8, 4) is 6.07 Å². The minimum absolute atomic E-state index is 0.0745. The molecule has 3 aromatic heterocycles. The van der Waals surface area contributed by atoms with Crippen LogP contribution in [0.5, 0.6) is 0 Å². The van der Waals surface area contributed by atoms with Crippen LogP contribution in [-0.4, -0.2) is 44.4 Å². The summed E-state index contributed by atoms with van der Waals surface area (Å²) in [7, 11) is 0. The number of aryl methyl sites for hydroxylation is 2. The second-order valence-electron chi connectivity index (χ2n) is 7.70. The van der Waals surface area contributed by atoms with Crippen molar-refractivity contribution >= 4 is 28.8 Å². The Kier molecular flexibility index (Phi) is 6.00. The molecule has 0 aromatic carbocycles. The maximum Gasteiger partial charge on any atom is 0.224 e. The lowest BCUT2D eigenvalue weighted by atomic mass is 10.1. The second kappa shape index (κ2) is 8.86. The molecule has 31 heavy (non-hydrogen) atoms. The van der Waals surface area contributed by atoms with Crippen LogP contribution in [0.3, 0.4) is 0 Å². The Morgan fingerprint density at radius 3 is 2.97 bits per heavy atom. The Labute approximate surface area is 184 Å². The van der Waals surface area contributed by atoms with Gasteiger partial charge in [0.2, 0.25) is 11.8 Å². The van der Waals surface area contributed by atoms with Crippen molar-refractivity contribution in [2.45, 2.75) is 46.1 Å². The summed E-state index contributed by atoms with van der Waals surface area (Å²) < 4.78 is 1.65. The van der Waals surface area contributed by atoms with Gasteiger partial charge in [0, 0.05) is 48.7 Å². The molecule has 1 aliphatic heterocycles. The summed E-state index contributed by atoms with van der Waals surface area (Å²) in [6, 6.07) is 4.18. The molecule has 2 amide bonds. The molecular weight excluding hydrogens is 412 g/mol. The highest BCUT2D eigenvalue weighted by Crippen LogP contribution is 2.24. The molecule has 1 aliphatic rings. The first kappa shape index (κ1) is 21.0. The molecule has 0 unspecified atom stereocenters. The molecule has 0 atom stereocenters. The highest BCUT2D eigenvalue weighted by Gasteiger charge is 2.21. The maximum absolute atomic E-state index is 12.5. The van der Waals surface area contributed by atoms with Gasteiger partial charge in [-0.15, -0.1) is 11.3 Å². The highest BCUT2D eigenvalue weighted by atomic mass is 32.1.